The number of alkyl halides is 1. The van der Waals surface area contributed by atoms with E-state index in [0.29, 0.717) is 34.4 Å². The molecule has 122 valence electrons. The minimum absolute atomic E-state index is 0.194. The Morgan fingerprint density at radius 2 is 1.74 bits per heavy atom. The van der Waals surface area contributed by atoms with Gasteiger partial charge in [0.15, 0.2) is 0 Å². The van der Waals surface area contributed by atoms with Gasteiger partial charge < -0.3 is 9.57 Å². The van der Waals surface area contributed by atoms with E-state index >= 15 is 0 Å². The zero-order valence-electron chi connectivity index (χ0n) is 12.3. The lowest BCUT2D eigenvalue weighted by molar-refractivity contribution is 0.132. The third-order valence-electron chi connectivity index (χ3n) is 2.97. The largest absolute Gasteiger partial charge is 0.493 e. The highest BCUT2D eigenvalue weighted by Crippen LogP contribution is 2.24. The highest BCUT2D eigenvalue weighted by atomic mass is 35.5. The molecule has 2 rings (SSSR count). The molecule has 0 aliphatic heterocycles. The van der Waals surface area contributed by atoms with Crippen molar-refractivity contribution in [1.29, 1.82) is 0 Å². The quantitative estimate of drug-likeness (QED) is 0.366. The smallest absolute Gasteiger partial charge is 0.145 e. The molecule has 0 aliphatic rings. The van der Waals surface area contributed by atoms with Gasteiger partial charge in [0.05, 0.1) is 19.5 Å². The molecule has 0 fully saturated rings. The molecule has 0 aromatic heterocycles. The average molecular weight is 356 g/mol. The molecule has 2 aromatic rings. The molecule has 0 N–H and O–H groups in total. The van der Waals surface area contributed by atoms with Gasteiger partial charge in [0.1, 0.15) is 12.4 Å². The van der Waals surface area contributed by atoms with Crippen LogP contribution in [0, 0.1) is 0 Å². The van der Waals surface area contributed by atoms with Crippen LogP contribution < -0.4 is 4.74 Å². The first kappa shape index (κ1) is 17.6. The molecule has 0 unspecified atom stereocenters. The Balaban J connectivity index is 1.83. The lowest BCUT2D eigenvalue weighted by atomic mass is 10.2. The van der Waals surface area contributed by atoms with E-state index in [1.165, 1.54) is 0 Å². The van der Waals surface area contributed by atoms with Gasteiger partial charge in [0, 0.05) is 22.0 Å². The second-order valence-electron chi connectivity index (χ2n) is 4.67. The van der Waals surface area contributed by atoms with Crippen molar-refractivity contribution in [3.63, 3.8) is 0 Å². The SMILES string of the molecule is FCCCOc1ccc(/C=N\OCc2c(Cl)cccc2Cl)cc1. The van der Waals surface area contributed by atoms with E-state index in [1.807, 2.05) is 12.1 Å². The second-order valence-corrected chi connectivity index (χ2v) is 5.48. The number of benzene rings is 2. The second kappa shape index (κ2) is 9.38. The average Bonchev–Trinajstić information content (AvgIpc) is 2.55. The molecule has 0 spiro atoms. The van der Waals surface area contributed by atoms with Crippen molar-refractivity contribution in [2.45, 2.75) is 13.0 Å². The lowest BCUT2D eigenvalue weighted by Crippen LogP contribution is -1.98. The van der Waals surface area contributed by atoms with Gasteiger partial charge in [-0.25, -0.2) is 0 Å². The predicted octanol–water partition coefficient (Wildman–Crippen LogP) is 5.28. The molecule has 3 nitrogen and oxygen atoms in total. The molecule has 0 atom stereocenters. The fraction of sp³-hybridized carbons (Fsp3) is 0.235. The molecule has 0 saturated heterocycles. The number of hydrogen-bond donors (Lipinski definition) is 0. The summed E-state index contributed by atoms with van der Waals surface area (Å²) in [5.74, 6) is 0.694. The summed E-state index contributed by atoms with van der Waals surface area (Å²) in [5, 5.41) is 4.98. The fourth-order valence-corrected chi connectivity index (χ4v) is 2.27. The third-order valence-corrected chi connectivity index (χ3v) is 3.68. The van der Waals surface area contributed by atoms with Crippen molar-refractivity contribution in [2.75, 3.05) is 13.3 Å². The lowest BCUT2D eigenvalue weighted by Gasteiger charge is -2.05. The van der Waals surface area contributed by atoms with Crippen LogP contribution in [0.2, 0.25) is 10.0 Å². The summed E-state index contributed by atoms with van der Waals surface area (Å²) in [4.78, 5) is 5.22. The number of nitrogens with zero attached hydrogens (tertiary/aromatic N) is 1. The summed E-state index contributed by atoms with van der Waals surface area (Å²) in [6, 6.07) is 12.5. The van der Waals surface area contributed by atoms with E-state index in [0.717, 1.165) is 5.56 Å². The van der Waals surface area contributed by atoms with Crippen molar-refractivity contribution in [3.05, 3.63) is 63.6 Å². The highest BCUT2D eigenvalue weighted by molar-refractivity contribution is 6.35. The number of hydrogen-bond acceptors (Lipinski definition) is 3. The summed E-state index contributed by atoms with van der Waals surface area (Å²) >= 11 is 12.1. The Labute approximate surface area is 144 Å². The molecule has 0 heterocycles. The van der Waals surface area contributed by atoms with Crippen molar-refractivity contribution >= 4 is 29.4 Å². The minimum Gasteiger partial charge on any atom is -0.493 e. The van der Waals surface area contributed by atoms with E-state index in [1.54, 1.807) is 36.5 Å². The molecule has 23 heavy (non-hydrogen) atoms. The van der Waals surface area contributed by atoms with Crippen LogP contribution in [0.25, 0.3) is 0 Å². The molecule has 6 heteroatoms. The summed E-state index contributed by atoms with van der Waals surface area (Å²) in [6.45, 7) is 0.183. The van der Waals surface area contributed by atoms with E-state index in [2.05, 4.69) is 5.16 Å². The van der Waals surface area contributed by atoms with E-state index in [9.17, 15) is 4.39 Å². The van der Waals surface area contributed by atoms with Crippen LogP contribution in [0.4, 0.5) is 4.39 Å². The van der Waals surface area contributed by atoms with Gasteiger partial charge in [-0.15, -0.1) is 0 Å². The maximum Gasteiger partial charge on any atom is 0.145 e. The normalized spacial score (nSPS) is 10.9. The maximum atomic E-state index is 12.0. The zero-order chi connectivity index (χ0) is 16.5. The van der Waals surface area contributed by atoms with Gasteiger partial charge in [-0.2, -0.15) is 0 Å². The van der Waals surface area contributed by atoms with Gasteiger partial charge in [-0.3, -0.25) is 4.39 Å². The third kappa shape index (κ3) is 5.73. The number of oxime groups is 1. The van der Waals surface area contributed by atoms with Crippen molar-refractivity contribution in [1.82, 2.24) is 0 Å². The van der Waals surface area contributed by atoms with Crippen molar-refractivity contribution < 1.29 is 14.0 Å². The number of halogens is 3. The van der Waals surface area contributed by atoms with Crippen LogP contribution in [-0.2, 0) is 11.4 Å². The standard InChI is InChI=1S/C17H16Cl2FNO2/c18-16-3-1-4-17(19)15(16)12-23-21-11-13-5-7-14(8-6-13)22-10-2-9-20/h1,3-8,11H,2,9-10,12H2/b21-11-. The van der Waals surface area contributed by atoms with E-state index in [-0.39, 0.29) is 13.3 Å². The molecular formula is C17H16Cl2FNO2. The van der Waals surface area contributed by atoms with Gasteiger partial charge in [-0.1, -0.05) is 34.4 Å². The summed E-state index contributed by atoms with van der Waals surface area (Å²) < 4.78 is 17.3. The molecule has 0 saturated carbocycles. The zero-order valence-corrected chi connectivity index (χ0v) is 13.9. The minimum atomic E-state index is -0.377. The first-order valence-corrected chi connectivity index (χ1v) is 7.83. The summed E-state index contributed by atoms with van der Waals surface area (Å²) in [5.41, 5.74) is 1.55. The molecule has 2 aromatic carbocycles. The van der Waals surface area contributed by atoms with Crippen LogP contribution in [0.3, 0.4) is 0 Å². The Morgan fingerprint density at radius 3 is 2.39 bits per heavy atom. The molecular weight excluding hydrogens is 340 g/mol. The molecule has 0 amide bonds. The summed E-state index contributed by atoms with van der Waals surface area (Å²) in [7, 11) is 0. The molecule has 0 radical (unpaired) electrons. The van der Waals surface area contributed by atoms with Gasteiger partial charge in [0.2, 0.25) is 0 Å². The molecule has 0 aliphatic carbocycles. The van der Waals surface area contributed by atoms with Crippen LogP contribution in [0.1, 0.15) is 17.5 Å². The maximum absolute atomic E-state index is 12.0. The Bertz CT molecular complexity index is 627. The Hall–Kier alpha value is -1.78. The number of ether oxygens (including phenoxy) is 1. The first-order chi connectivity index (χ1) is 11.2. The monoisotopic (exact) mass is 355 g/mol. The van der Waals surface area contributed by atoms with Crippen molar-refractivity contribution in [2.24, 2.45) is 5.16 Å². The van der Waals surface area contributed by atoms with E-state index in [4.69, 9.17) is 32.8 Å². The Morgan fingerprint density at radius 1 is 1.04 bits per heavy atom. The molecule has 0 bridgehead atoms. The van der Waals surface area contributed by atoms with Crippen molar-refractivity contribution in [3.8, 4) is 5.75 Å². The van der Waals surface area contributed by atoms with Crippen LogP contribution in [-0.4, -0.2) is 19.5 Å². The van der Waals surface area contributed by atoms with E-state index < -0.39 is 0 Å². The Kier molecular flexibility index (Phi) is 7.17. The highest BCUT2D eigenvalue weighted by Gasteiger charge is 2.05. The summed E-state index contributed by atoms with van der Waals surface area (Å²) in [6.07, 6.45) is 1.97. The topological polar surface area (TPSA) is 30.8 Å². The predicted molar refractivity (Wildman–Crippen MR) is 91.4 cm³/mol. The van der Waals surface area contributed by atoms with Crippen LogP contribution in [0.15, 0.2) is 47.6 Å². The number of rotatable bonds is 8. The van der Waals surface area contributed by atoms with Gasteiger partial charge >= 0.3 is 0 Å². The van der Waals surface area contributed by atoms with Gasteiger partial charge in [-0.05, 0) is 42.0 Å². The first-order valence-electron chi connectivity index (χ1n) is 7.08. The fourth-order valence-electron chi connectivity index (χ4n) is 1.76. The van der Waals surface area contributed by atoms with Gasteiger partial charge in [0.25, 0.3) is 0 Å². The van der Waals surface area contributed by atoms with Crippen LogP contribution >= 0.6 is 23.2 Å². The van der Waals surface area contributed by atoms with Crippen LogP contribution in [0.5, 0.6) is 5.75 Å².